The maximum atomic E-state index is 12.2. The summed E-state index contributed by atoms with van der Waals surface area (Å²) in [4.78, 5) is 27.8. The number of aromatic nitrogens is 3. The van der Waals surface area contributed by atoms with Crippen LogP contribution in [0.2, 0.25) is 0 Å². The van der Waals surface area contributed by atoms with Gasteiger partial charge in [-0.2, -0.15) is 5.10 Å². The van der Waals surface area contributed by atoms with Gasteiger partial charge in [-0.15, -0.1) is 0 Å². The molecule has 6 heteroatoms. The predicted octanol–water partition coefficient (Wildman–Crippen LogP) is 0.917. The Morgan fingerprint density at radius 3 is 2.89 bits per heavy atom. The number of hydrogen-bond donors (Lipinski definition) is 0. The first kappa shape index (κ1) is 13.2. The summed E-state index contributed by atoms with van der Waals surface area (Å²) in [6, 6.07) is 3.38. The number of pyridine rings is 1. The largest absolute Gasteiger partial charge is 0.465 e. The highest BCUT2D eigenvalue weighted by Gasteiger charge is 2.12. The fourth-order valence-electron chi connectivity index (χ4n) is 1.86. The summed E-state index contributed by atoms with van der Waals surface area (Å²) in [7, 11) is 0. The molecule has 0 saturated carbocycles. The molecule has 2 rings (SSSR count). The molecule has 2 aromatic rings. The zero-order valence-electron chi connectivity index (χ0n) is 10.9. The number of hydrogen-bond acceptors (Lipinski definition) is 5. The summed E-state index contributed by atoms with van der Waals surface area (Å²) in [6.07, 6.45) is 2.26. The molecule has 2 heterocycles. The smallest absolute Gasteiger partial charge is 0.327 e. The van der Waals surface area contributed by atoms with Crippen LogP contribution < -0.4 is 5.56 Å². The number of esters is 1. The average molecular weight is 261 g/mol. The van der Waals surface area contributed by atoms with Crippen LogP contribution in [-0.4, -0.2) is 27.3 Å². The van der Waals surface area contributed by atoms with E-state index in [2.05, 4.69) is 10.1 Å². The van der Waals surface area contributed by atoms with Gasteiger partial charge in [-0.05, 0) is 25.5 Å². The van der Waals surface area contributed by atoms with E-state index in [-0.39, 0.29) is 18.7 Å². The molecule has 2 aromatic heterocycles. The fourth-order valence-corrected chi connectivity index (χ4v) is 1.86. The summed E-state index contributed by atoms with van der Waals surface area (Å²) < 4.78 is 5.97. The topological polar surface area (TPSA) is 74.1 Å². The number of aryl methyl sites for hydroxylation is 1. The molecule has 0 aromatic carbocycles. The lowest BCUT2D eigenvalue weighted by Gasteiger charge is -2.08. The van der Waals surface area contributed by atoms with Crippen molar-refractivity contribution in [3.8, 4) is 0 Å². The van der Waals surface area contributed by atoms with Crippen LogP contribution in [0.3, 0.4) is 0 Å². The van der Waals surface area contributed by atoms with Crippen molar-refractivity contribution < 1.29 is 9.53 Å². The number of fused-ring (bicyclic) bond motifs is 1. The number of carbonyl (C=O) groups is 1. The fraction of sp³-hybridized carbons (Fsp3) is 0.385. The molecule has 6 nitrogen and oxygen atoms in total. The molecule has 0 aliphatic rings. The lowest BCUT2D eigenvalue weighted by atomic mass is 10.2. The molecule has 0 fully saturated rings. The van der Waals surface area contributed by atoms with E-state index in [0.717, 1.165) is 4.68 Å². The molecule has 0 unspecified atom stereocenters. The van der Waals surface area contributed by atoms with Crippen LogP contribution >= 0.6 is 0 Å². The maximum absolute atomic E-state index is 12.2. The Labute approximate surface area is 110 Å². The summed E-state index contributed by atoms with van der Waals surface area (Å²) in [5.41, 5.74) is 0.961. The van der Waals surface area contributed by atoms with Crippen molar-refractivity contribution in [3.63, 3.8) is 0 Å². The third-order valence-electron chi connectivity index (χ3n) is 2.71. The van der Waals surface area contributed by atoms with E-state index in [9.17, 15) is 9.59 Å². The van der Waals surface area contributed by atoms with Crippen LogP contribution in [0.15, 0.2) is 23.1 Å². The van der Waals surface area contributed by atoms with Gasteiger partial charge in [-0.3, -0.25) is 14.6 Å². The van der Waals surface area contributed by atoms with Crippen LogP contribution in [-0.2, 0) is 22.5 Å². The van der Waals surface area contributed by atoms with E-state index >= 15 is 0 Å². The standard InChI is InChI=1S/C13H15N3O3/c1-3-10-12-9(6-5-7-14-12)13(18)16(15-10)8-11(17)19-4-2/h5-7H,3-4,8H2,1-2H3. The van der Waals surface area contributed by atoms with Crippen molar-refractivity contribution >= 4 is 16.9 Å². The molecule has 0 aliphatic carbocycles. The zero-order chi connectivity index (χ0) is 13.8. The van der Waals surface area contributed by atoms with Crippen LogP contribution in [0.1, 0.15) is 19.5 Å². The van der Waals surface area contributed by atoms with Gasteiger partial charge >= 0.3 is 5.97 Å². The van der Waals surface area contributed by atoms with E-state index in [4.69, 9.17) is 4.74 Å². The van der Waals surface area contributed by atoms with Gasteiger partial charge in [0.15, 0.2) is 0 Å². The molecule has 100 valence electrons. The van der Waals surface area contributed by atoms with Crippen molar-refractivity contribution in [3.05, 3.63) is 34.4 Å². The van der Waals surface area contributed by atoms with Gasteiger partial charge in [0.05, 0.1) is 23.2 Å². The first-order valence-electron chi connectivity index (χ1n) is 6.17. The summed E-state index contributed by atoms with van der Waals surface area (Å²) in [5.74, 6) is -0.470. The highest BCUT2D eigenvalue weighted by atomic mass is 16.5. The lowest BCUT2D eigenvalue weighted by molar-refractivity contribution is -0.144. The van der Waals surface area contributed by atoms with Gasteiger partial charge in [0, 0.05) is 6.20 Å². The molecule has 0 atom stereocenters. The number of rotatable bonds is 4. The molecule has 0 amide bonds. The van der Waals surface area contributed by atoms with E-state index < -0.39 is 5.97 Å². The zero-order valence-corrected chi connectivity index (χ0v) is 10.9. The van der Waals surface area contributed by atoms with E-state index in [1.807, 2.05) is 6.92 Å². The van der Waals surface area contributed by atoms with Gasteiger partial charge in [0.2, 0.25) is 0 Å². The molecule has 0 saturated heterocycles. The average Bonchev–Trinajstić information content (AvgIpc) is 2.42. The second kappa shape index (κ2) is 5.60. The van der Waals surface area contributed by atoms with Gasteiger partial charge in [0.25, 0.3) is 5.56 Å². The molecule has 0 N–H and O–H groups in total. The van der Waals surface area contributed by atoms with Crippen LogP contribution in [0.5, 0.6) is 0 Å². The Morgan fingerprint density at radius 2 is 2.21 bits per heavy atom. The van der Waals surface area contributed by atoms with Crippen molar-refractivity contribution in [2.24, 2.45) is 0 Å². The second-order valence-corrected chi connectivity index (χ2v) is 3.97. The Morgan fingerprint density at radius 1 is 1.42 bits per heavy atom. The lowest BCUT2D eigenvalue weighted by Crippen LogP contribution is -2.29. The minimum Gasteiger partial charge on any atom is -0.465 e. The Hall–Kier alpha value is -2.24. The predicted molar refractivity (Wildman–Crippen MR) is 69.8 cm³/mol. The Balaban J connectivity index is 2.53. The minimum absolute atomic E-state index is 0.176. The van der Waals surface area contributed by atoms with Crippen molar-refractivity contribution in [2.45, 2.75) is 26.8 Å². The summed E-state index contributed by atoms with van der Waals surface area (Å²) in [5, 5.41) is 4.65. The van der Waals surface area contributed by atoms with Gasteiger partial charge in [-0.1, -0.05) is 6.92 Å². The summed E-state index contributed by atoms with van der Waals surface area (Å²) >= 11 is 0. The van der Waals surface area contributed by atoms with Gasteiger partial charge < -0.3 is 4.74 Å². The van der Waals surface area contributed by atoms with Crippen molar-refractivity contribution in [2.75, 3.05) is 6.61 Å². The highest BCUT2D eigenvalue weighted by molar-refractivity contribution is 5.79. The second-order valence-electron chi connectivity index (χ2n) is 3.97. The molecule has 0 spiro atoms. The molecule has 0 bridgehead atoms. The molecule has 0 aliphatic heterocycles. The normalized spacial score (nSPS) is 10.6. The Bertz CT molecular complexity index is 664. The van der Waals surface area contributed by atoms with Crippen LogP contribution in [0.4, 0.5) is 0 Å². The minimum atomic E-state index is -0.470. The first-order chi connectivity index (χ1) is 9.17. The van der Waals surface area contributed by atoms with Gasteiger partial charge in [-0.25, -0.2) is 4.68 Å². The van der Waals surface area contributed by atoms with Crippen LogP contribution in [0, 0.1) is 0 Å². The number of ether oxygens (including phenoxy) is 1. The highest BCUT2D eigenvalue weighted by Crippen LogP contribution is 2.10. The van der Waals surface area contributed by atoms with Crippen molar-refractivity contribution in [1.82, 2.24) is 14.8 Å². The summed E-state index contributed by atoms with van der Waals surface area (Å²) in [6.45, 7) is 3.75. The SMILES string of the molecule is CCOC(=O)Cn1nc(CC)c2ncccc2c1=O. The molecule has 0 radical (unpaired) electrons. The number of carbonyl (C=O) groups excluding carboxylic acids is 1. The molecular formula is C13H15N3O3. The molecular weight excluding hydrogens is 246 g/mol. The van der Waals surface area contributed by atoms with E-state index in [0.29, 0.717) is 23.0 Å². The third kappa shape index (κ3) is 2.62. The van der Waals surface area contributed by atoms with E-state index in [1.54, 1.807) is 25.3 Å². The molecule has 19 heavy (non-hydrogen) atoms. The monoisotopic (exact) mass is 261 g/mol. The number of nitrogens with zero attached hydrogens (tertiary/aromatic N) is 3. The van der Waals surface area contributed by atoms with Crippen LogP contribution in [0.25, 0.3) is 10.9 Å². The first-order valence-corrected chi connectivity index (χ1v) is 6.17. The quantitative estimate of drug-likeness (QED) is 0.765. The maximum Gasteiger partial charge on any atom is 0.327 e. The Kier molecular flexibility index (Phi) is 3.89. The van der Waals surface area contributed by atoms with Gasteiger partial charge in [0.1, 0.15) is 6.54 Å². The van der Waals surface area contributed by atoms with Crippen molar-refractivity contribution in [1.29, 1.82) is 0 Å². The third-order valence-corrected chi connectivity index (χ3v) is 2.71. The van der Waals surface area contributed by atoms with E-state index in [1.165, 1.54) is 0 Å².